The quantitative estimate of drug-likeness (QED) is 0.799. The van der Waals surface area contributed by atoms with Gasteiger partial charge in [-0.3, -0.25) is 0 Å². The molecule has 0 radical (unpaired) electrons. The molecule has 2 atom stereocenters. The number of rotatable bonds is 2. The van der Waals surface area contributed by atoms with Crippen LogP contribution in [0.3, 0.4) is 0 Å². The van der Waals surface area contributed by atoms with Gasteiger partial charge in [0.15, 0.2) is 0 Å². The molecular weight excluding hydrogens is 196 g/mol. The molecule has 2 rings (SSSR count). The monoisotopic (exact) mass is 211 g/mol. The Kier molecular flexibility index (Phi) is 3.00. The number of benzene rings is 1. The Bertz CT molecular complexity index is 331. The van der Waals surface area contributed by atoms with Gasteiger partial charge in [0.25, 0.3) is 0 Å². The highest BCUT2D eigenvalue weighted by Crippen LogP contribution is 2.29. The molecule has 1 aromatic carbocycles. The van der Waals surface area contributed by atoms with Crippen molar-refractivity contribution in [3.05, 3.63) is 35.4 Å². The third-order valence-electron chi connectivity index (χ3n) is 3.14. The molecule has 82 valence electrons. The van der Waals surface area contributed by atoms with E-state index in [0.29, 0.717) is 12.3 Å². The number of halogens is 2. The predicted molar refractivity (Wildman–Crippen MR) is 55.4 cm³/mol. The smallest absolute Gasteiger partial charge is 0.129 e. The van der Waals surface area contributed by atoms with Crippen molar-refractivity contribution >= 4 is 0 Å². The molecule has 0 aromatic heterocycles. The van der Waals surface area contributed by atoms with Crippen molar-refractivity contribution in [3.63, 3.8) is 0 Å². The van der Waals surface area contributed by atoms with E-state index in [1.807, 2.05) is 0 Å². The largest absolute Gasteiger partial charge is 0.328 e. The zero-order valence-corrected chi connectivity index (χ0v) is 8.55. The summed E-state index contributed by atoms with van der Waals surface area (Å²) in [5.41, 5.74) is 5.99. The summed E-state index contributed by atoms with van der Waals surface area (Å²) in [5, 5.41) is 0. The Morgan fingerprint density at radius 2 is 1.87 bits per heavy atom. The number of nitrogens with two attached hydrogens (primary N) is 1. The van der Waals surface area contributed by atoms with Gasteiger partial charge < -0.3 is 5.73 Å². The Morgan fingerprint density at radius 1 is 1.20 bits per heavy atom. The third kappa shape index (κ3) is 2.34. The first-order valence-corrected chi connectivity index (χ1v) is 5.35. The Balaban J connectivity index is 2.10. The maximum atomic E-state index is 13.3. The highest BCUT2D eigenvalue weighted by Gasteiger charge is 2.23. The van der Waals surface area contributed by atoms with Gasteiger partial charge in [-0.05, 0) is 43.7 Å². The van der Waals surface area contributed by atoms with Gasteiger partial charge >= 0.3 is 0 Å². The van der Waals surface area contributed by atoms with E-state index in [0.717, 1.165) is 19.3 Å². The van der Waals surface area contributed by atoms with Gasteiger partial charge in [-0.25, -0.2) is 8.78 Å². The van der Waals surface area contributed by atoms with Crippen molar-refractivity contribution in [3.8, 4) is 0 Å². The Labute approximate surface area is 88.3 Å². The molecule has 2 N–H and O–H groups in total. The minimum Gasteiger partial charge on any atom is -0.328 e. The lowest BCUT2D eigenvalue weighted by Gasteiger charge is -2.10. The molecule has 1 aliphatic rings. The van der Waals surface area contributed by atoms with Crippen LogP contribution in [0.15, 0.2) is 18.2 Å². The van der Waals surface area contributed by atoms with Crippen molar-refractivity contribution in [1.29, 1.82) is 0 Å². The van der Waals surface area contributed by atoms with Gasteiger partial charge in [-0.1, -0.05) is 6.07 Å². The second kappa shape index (κ2) is 4.27. The first-order valence-electron chi connectivity index (χ1n) is 5.35. The Morgan fingerprint density at radius 3 is 2.40 bits per heavy atom. The second-order valence-corrected chi connectivity index (χ2v) is 4.34. The van der Waals surface area contributed by atoms with Gasteiger partial charge in [-0.2, -0.15) is 0 Å². The summed E-state index contributed by atoms with van der Waals surface area (Å²) in [6.45, 7) is 0. The second-order valence-electron chi connectivity index (χ2n) is 4.34. The van der Waals surface area contributed by atoms with Crippen LogP contribution in [0, 0.1) is 17.6 Å². The summed E-state index contributed by atoms with van der Waals surface area (Å²) in [6.07, 6.45) is 3.32. The van der Waals surface area contributed by atoms with E-state index in [1.165, 1.54) is 18.2 Å². The number of hydrogen-bond acceptors (Lipinski definition) is 1. The summed E-state index contributed by atoms with van der Waals surface area (Å²) < 4.78 is 26.7. The van der Waals surface area contributed by atoms with Crippen molar-refractivity contribution < 1.29 is 8.78 Å². The van der Waals surface area contributed by atoms with Gasteiger partial charge in [0.1, 0.15) is 11.6 Å². The van der Waals surface area contributed by atoms with Crippen LogP contribution in [-0.4, -0.2) is 6.04 Å². The predicted octanol–water partition coefficient (Wildman–Crippen LogP) is 2.63. The molecular formula is C12H15F2N. The van der Waals surface area contributed by atoms with E-state index in [-0.39, 0.29) is 11.6 Å². The molecule has 0 saturated heterocycles. The Hall–Kier alpha value is -0.960. The standard InChI is InChI=1S/C12H15F2N/c13-11-2-1-3-12(14)10(11)7-8-4-5-9(15)6-8/h1-3,8-9H,4-7,15H2. The number of hydrogen-bond donors (Lipinski definition) is 1. The molecule has 1 aliphatic carbocycles. The van der Waals surface area contributed by atoms with E-state index in [4.69, 9.17) is 5.73 Å². The minimum absolute atomic E-state index is 0.213. The van der Waals surface area contributed by atoms with Crippen LogP contribution < -0.4 is 5.73 Å². The van der Waals surface area contributed by atoms with Crippen molar-refractivity contribution in [1.82, 2.24) is 0 Å². The normalized spacial score (nSPS) is 25.8. The average molecular weight is 211 g/mol. The van der Waals surface area contributed by atoms with Crippen LogP contribution in [0.5, 0.6) is 0 Å². The summed E-state index contributed by atoms with van der Waals surface area (Å²) in [5.74, 6) is -0.530. The maximum absolute atomic E-state index is 13.3. The van der Waals surface area contributed by atoms with Crippen LogP contribution in [-0.2, 0) is 6.42 Å². The molecule has 0 heterocycles. The third-order valence-corrected chi connectivity index (χ3v) is 3.14. The maximum Gasteiger partial charge on any atom is 0.129 e. The first kappa shape index (κ1) is 10.6. The van der Waals surface area contributed by atoms with Crippen LogP contribution in [0.4, 0.5) is 8.78 Å². The molecule has 1 aromatic rings. The fourth-order valence-electron chi connectivity index (χ4n) is 2.32. The molecule has 0 aliphatic heterocycles. The highest BCUT2D eigenvalue weighted by atomic mass is 19.1. The van der Waals surface area contributed by atoms with Crippen LogP contribution in [0.2, 0.25) is 0 Å². The zero-order chi connectivity index (χ0) is 10.8. The SMILES string of the molecule is NC1CCC(Cc2c(F)cccc2F)C1. The highest BCUT2D eigenvalue weighted by molar-refractivity contribution is 5.20. The topological polar surface area (TPSA) is 26.0 Å². The molecule has 0 amide bonds. The van der Waals surface area contributed by atoms with Crippen molar-refractivity contribution in [2.24, 2.45) is 11.7 Å². The van der Waals surface area contributed by atoms with Crippen LogP contribution in [0.25, 0.3) is 0 Å². The van der Waals surface area contributed by atoms with Gasteiger partial charge in [0.2, 0.25) is 0 Å². The summed E-state index contributed by atoms with van der Waals surface area (Å²) in [4.78, 5) is 0. The first-order chi connectivity index (χ1) is 7.16. The van der Waals surface area contributed by atoms with E-state index >= 15 is 0 Å². The van der Waals surface area contributed by atoms with Crippen molar-refractivity contribution in [2.45, 2.75) is 31.7 Å². The fourth-order valence-corrected chi connectivity index (χ4v) is 2.32. The van der Waals surface area contributed by atoms with Gasteiger partial charge in [-0.15, -0.1) is 0 Å². The van der Waals surface area contributed by atoms with E-state index in [2.05, 4.69) is 0 Å². The molecule has 0 spiro atoms. The van der Waals surface area contributed by atoms with Crippen LogP contribution >= 0.6 is 0 Å². The fraction of sp³-hybridized carbons (Fsp3) is 0.500. The molecule has 15 heavy (non-hydrogen) atoms. The van der Waals surface area contributed by atoms with E-state index in [1.54, 1.807) is 0 Å². The minimum atomic E-state index is -0.435. The van der Waals surface area contributed by atoms with Gasteiger partial charge in [0.05, 0.1) is 0 Å². The lowest BCUT2D eigenvalue weighted by Crippen LogP contribution is -2.15. The molecule has 1 nitrogen and oxygen atoms in total. The average Bonchev–Trinajstić information content (AvgIpc) is 2.58. The summed E-state index contributed by atoms with van der Waals surface area (Å²) in [7, 11) is 0. The molecule has 1 saturated carbocycles. The van der Waals surface area contributed by atoms with E-state index in [9.17, 15) is 8.78 Å². The zero-order valence-electron chi connectivity index (χ0n) is 8.55. The molecule has 1 fully saturated rings. The van der Waals surface area contributed by atoms with Gasteiger partial charge in [0, 0.05) is 11.6 Å². The lowest BCUT2D eigenvalue weighted by molar-refractivity contribution is 0.486. The molecule has 3 heteroatoms. The summed E-state index contributed by atoms with van der Waals surface area (Å²) in [6, 6.07) is 4.24. The molecule has 2 unspecified atom stereocenters. The lowest BCUT2D eigenvalue weighted by atomic mass is 9.97. The van der Waals surface area contributed by atoms with Crippen LogP contribution in [0.1, 0.15) is 24.8 Å². The molecule has 0 bridgehead atoms. The van der Waals surface area contributed by atoms with Crippen molar-refractivity contribution in [2.75, 3.05) is 0 Å². The summed E-state index contributed by atoms with van der Waals surface area (Å²) >= 11 is 0. The van der Waals surface area contributed by atoms with E-state index < -0.39 is 11.6 Å².